The first-order valence-corrected chi connectivity index (χ1v) is 9.62. The van der Waals surface area contributed by atoms with Crippen LogP contribution in [0.3, 0.4) is 0 Å². The van der Waals surface area contributed by atoms with Gasteiger partial charge in [-0.3, -0.25) is 4.57 Å². The minimum Gasteiger partial charge on any atom is -0.494 e. The molecule has 2 heterocycles. The molecule has 1 aromatic heterocycles. The molecule has 0 fully saturated rings. The van der Waals surface area contributed by atoms with Gasteiger partial charge in [-0.1, -0.05) is 32.6 Å². The number of carbonyl (C=O) groups is 1. The molecule has 1 aliphatic heterocycles. The van der Waals surface area contributed by atoms with Gasteiger partial charge in [-0.25, -0.2) is 4.79 Å². The third kappa shape index (κ3) is 4.06. The summed E-state index contributed by atoms with van der Waals surface area (Å²) in [6, 6.07) is 6.00. The van der Waals surface area contributed by atoms with E-state index >= 15 is 0 Å². The third-order valence-corrected chi connectivity index (χ3v) is 4.61. The molecule has 0 saturated heterocycles. The van der Waals surface area contributed by atoms with Gasteiger partial charge in [0.2, 0.25) is 5.82 Å². The summed E-state index contributed by atoms with van der Waals surface area (Å²) < 4.78 is 12.8. The van der Waals surface area contributed by atoms with E-state index in [-0.39, 0.29) is 5.82 Å². The normalized spacial score (nSPS) is 12.4. The van der Waals surface area contributed by atoms with Crippen molar-refractivity contribution in [2.45, 2.75) is 58.8 Å². The van der Waals surface area contributed by atoms with Gasteiger partial charge in [0.25, 0.3) is 0 Å². The molecule has 0 unspecified atom stereocenters. The molecule has 0 bridgehead atoms. The number of hydrogen-bond donors (Lipinski definition) is 0. The molecule has 1 aromatic carbocycles. The Bertz CT molecular complexity index is 755. The molecule has 0 saturated carbocycles. The van der Waals surface area contributed by atoms with Crippen LogP contribution in [0, 0.1) is 0 Å². The molecule has 0 spiro atoms. The number of ether oxygens (including phenoxy) is 2. The second-order valence-corrected chi connectivity index (χ2v) is 6.55. The molecular formula is C20H27N3O3. The van der Waals surface area contributed by atoms with Gasteiger partial charge in [-0.05, 0) is 43.5 Å². The monoisotopic (exact) mass is 357 g/mol. The Balaban J connectivity index is 1.70. The number of hydrogen-bond acceptors (Lipinski definition) is 5. The number of carbonyl (C=O) groups excluding carboxylic acids is 1. The minimum atomic E-state index is -0.438. The number of rotatable bonds is 9. The van der Waals surface area contributed by atoms with Gasteiger partial charge in [0.05, 0.1) is 18.9 Å². The lowest BCUT2D eigenvalue weighted by Crippen LogP contribution is -2.18. The highest BCUT2D eigenvalue weighted by Crippen LogP contribution is 2.29. The predicted molar refractivity (Wildman–Crippen MR) is 99.0 cm³/mol. The Hall–Kier alpha value is -2.37. The van der Waals surface area contributed by atoms with Gasteiger partial charge >= 0.3 is 5.97 Å². The van der Waals surface area contributed by atoms with E-state index in [9.17, 15) is 4.79 Å². The van der Waals surface area contributed by atoms with Crippen LogP contribution in [0.15, 0.2) is 18.2 Å². The van der Waals surface area contributed by atoms with E-state index in [0.717, 1.165) is 48.7 Å². The van der Waals surface area contributed by atoms with Crippen LogP contribution in [0.25, 0.3) is 5.69 Å². The van der Waals surface area contributed by atoms with Crippen LogP contribution in [0.1, 0.15) is 68.0 Å². The van der Waals surface area contributed by atoms with E-state index in [1.807, 2.05) is 16.7 Å². The Labute approximate surface area is 154 Å². The summed E-state index contributed by atoms with van der Waals surface area (Å²) in [5, 5.41) is 8.18. The summed E-state index contributed by atoms with van der Waals surface area (Å²) in [6.45, 7) is 5.07. The summed E-state index contributed by atoms with van der Waals surface area (Å²) in [7, 11) is 0. The maximum atomic E-state index is 12.1. The number of fused-ring (bicyclic) bond motifs is 3. The zero-order valence-electron chi connectivity index (χ0n) is 15.7. The summed E-state index contributed by atoms with van der Waals surface area (Å²) in [4.78, 5) is 12.1. The second kappa shape index (κ2) is 8.83. The Morgan fingerprint density at radius 1 is 1.12 bits per heavy atom. The molecular weight excluding hydrogens is 330 g/mol. The standard InChI is InChI=1S/C20H27N3O3/c1-3-5-6-7-8-13-26-16-10-11-17-15(14-16)9-12-18-21-22-19(23(17)18)20(24)25-4-2/h10-11,14H,3-9,12-13H2,1-2H3. The molecule has 3 rings (SSSR count). The molecule has 6 heteroatoms. The van der Waals surface area contributed by atoms with Crippen molar-refractivity contribution in [1.29, 1.82) is 0 Å². The number of aromatic nitrogens is 3. The maximum Gasteiger partial charge on any atom is 0.376 e. The number of esters is 1. The van der Waals surface area contributed by atoms with E-state index in [2.05, 4.69) is 23.2 Å². The average Bonchev–Trinajstić information content (AvgIpc) is 3.09. The van der Waals surface area contributed by atoms with Crippen LogP contribution in [-0.4, -0.2) is 33.9 Å². The first-order valence-electron chi connectivity index (χ1n) is 9.62. The molecule has 2 aromatic rings. The van der Waals surface area contributed by atoms with Crippen molar-refractivity contribution in [2.24, 2.45) is 0 Å². The Morgan fingerprint density at radius 3 is 2.77 bits per heavy atom. The van der Waals surface area contributed by atoms with Crippen molar-refractivity contribution in [2.75, 3.05) is 13.2 Å². The lowest BCUT2D eigenvalue weighted by Gasteiger charge is -2.20. The van der Waals surface area contributed by atoms with E-state index in [1.54, 1.807) is 6.92 Å². The van der Waals surface area contributed by atoms with Crippen LogP contribution in [0.5, 0.6) is 5.75 Å². The topological polar surface area (TPSA) is 66.2 Å². The summed E-state index contributed by atoms with van der Waals surface area (Å²) in [5.41, 5.74) is 2.08. The van der Waals surface area contributed by atoms with Gasteiger partial charge in [-0.2, -0.15) is 0 Å². The number of aryl methyl sites for hydroxylation is 2. The van der Waals surface area contributed by atoms with Crippen molar-refractivity contribution in [3.63, 3.8) is 0 Å². The predicted octanol–water partition coefficient (Wildman–Crippen LogP) is 3.89. The van der Waals surface area contributed by atoms with Gasteiger partial charge < -0.3 is 9.47 Å². The SMILES string of the molecule is CCCCCCCOc1ccc2c(c1)CCc1nnc(C(=O)OCC)n1-2. The average molecular weight is 357 g/mol. The lowest BCUT2D eigenvalue weighted by molar-refractivity contribution is 0.0509. The second-order valence-electron chi connectivity index (χ2n) is 6.55. The van der Waals surface area contributed by atoms with E-state index in [1.165, 1.54) is 25.7 Å². The minimum absolute atomic E-state index is 0.243. The maximum absolute atomic E-state index is 12.1. The van der Waals surface area contributed by atoms with Crippen molar-refractivity contribution in [1.82, 2.24) is 14.8 Å². The van der Waals surface area contributed by atoms with Crippen LogP contribution < -0.4 is 4.74 Å². The smallest absolute Gasteiger partial charge is 0.376 e. The van der Waals surface area contributed by atoms with Gasteiger partial charge in [-0.15, -0.1) is 10.2 Å². The number of benzene rings is 1. The fraction of sp³-hybridized carbons (Fsp3) is 0.550. The van der Waals surface area contributed by atoms with Crippen molar-refractivity contribution < 1.29 is 14.3 Å². The molecule has 0 amide bonds. The Kier molecular flexibility index (Phi) is 6.26. The summed E-state index contributed by atoms with van der Waals surface area (Å²) >= 11 is 0. The highest BCUT2D eigenvalue weighted by molar-refractivity contribution is 5.86. The summed E-state index contributed by atoms with van der Waals surface area (Å²) in [6.07, 6.45) is 7.74. The third-order valence-electron chi connectivity index (χ3n) is 4.61. The molecule has 1 aliphatic rings. The molecule has 6 nitrogen and oxygen atoms in total. The first kappa shape index (κ1) is 18.4. The zero-order chi connectivity index (χ0) is 18.4. The summed E-state index contributed by atoms with van der Waals surface area (Å²) in [5.74, 6) is 1.48. The van der Waals surface area contributed by atoms with Crippen LogP contribution in [-0.2, 0) is 17.6 Å². The van der Waals surface area contributed by atoms with E-state index in [4.69, 9.17) is 9.47 Å². The fourth-order valence-electron chi connectivity index (χ4n) is 3.27. The molecule has 0 N–H and O–H groups in total. The van der Waals surface area contributed by atoms with Crippen LogP contribution in [0.4, 0.5) is 0 Å². The van der Waals surface area contributed by atoms with E-state index < -0.39 is 5.97 Å². The fourth-order valence-corrected chi connectivity index (χ4v) is 3.27. The molecule has 0 aliphatic carbocycles. The van der Waals surface area contributed by atoms with Gasteiger partial charge in [0.1, 0.15) is 11.6 Å². The highest BCUT2D eigenvalue weighted by atomic mass is 16.5. The number of unbranched alkanes of at least 4 members (excludes halogenated alkanes) is 4. The van der Waals surface area contributed by atoms with E-state index in [0.29, 0.717) is 6.61 Å². The van der Waals surface area contributed by atoms with Crippen LogP contribution >= 0.6 is 0 Å². The largest absolute Gasteiger partial charge is 0.494 e. The molecule has 26 heavy (non-hydrogen) atoms. The van der Waals surface area contributed by atoms with Crippen molar-refractivity contribution >= 4 is 5.97 Å². The zero-order valence-corrected chi connectivity index (χ0v) is 15.7. The van der Waals surface area contributed by atoms with Gasteiger partial charge in [0, 0.05) is 6.42 Å². The quantitative estimate of drug-likeness (QED) is 0.503. The number of nitrogens with zero attached hydrogens (tertiary/aromatic N) is 3. The Morgan fingerprint density at radius 2 is 1.96 bits per heavy atom. The van der Waals surface area contributed by atoms with Crippen molar-refractivity contribution in [3.05, 3.63) is 35.4 Å². The van der Waals surface area contributed by atoms with Gasteiger partial charge in [0.15, 0.2) is 0 Å². The first-order chi connectivity index (χ1) is 12.7. The van der Waals surface area contributed by atoms with Crippen LogP contribution in [0.2, 0.25) is 0 Å². The molecule has 140 valence electrons. The molecule has 0 radical (unpaired) electrons. The van der Waals surface area contributed by atoms with Crippen molar-refractivity contribution in [3.8, 4) is 11.4 Å². The highest BCUT2D eigenvalue weighted by Gasteiger charge is 2.26. The molecule has 0 atom stereocenters. The lowest BCUT2D eigenvalue weighted by atomic mass is 10.0.